The molecule has 5 rings (SSSR count). The lowest BCUT2D eigenvalue weighted by Gasteiger charge is -2.42. The van der Waals surface area contributed by atoms with Crippen LogP contribution in [0.15, 0.2) is 23.1 Å². The average Bonchev–Trinajstić information content (AvgIpc) is 3.13. The van der Waals surface area contributed by atoms with Crippen LogP contribution in [0.3, 0.4) is 0 Å². The number of carbonyl (C=O) groups is 2. The number of nitrogens with one attached hydrogen (secondary N) is 1. The number of ether oxygens (including phenoxy) is 1. The summed E-state index contributed by atoms with van der Waals surface area (Å²) in [6.45, 7) is 1.51. The van der Waals surface area contributed by atoms with E-state index in [0.29, 0.717) is 44.6 Å². The van der Waals surface area contributed by atoms with E-state index in [1.54, 1.807) is 17.0 Å². The van der Waals surface area contributed by atoms with Gasteiger partial charge in [0.2, 0.25) is 21.8 Å². The highest BCUT2D eigenvalue weighted by atomic mass is 32.2. The van der Waals surface area contributed by atoms with Crippen molar-refractivity contribution in [3.63, 3.8) is 0 Å². The van der Waals surface area contributed by atoms with E-state index in [1.807, 2.05) is 0 Å². The molecule has 3 fully saturated rings. The number of anilines is 1. The first-order valence-corrected chi connectivity index (χ1v) is 10.7. The Morgan fingerprint density at radius 1 is 1.19 bits per heavy atom. The number of rotatable bonds is 2. The van der Waals surface area contributed by atoms with Gasteiger partial charge < -0.3 is 15.0 Å². The van der Waals surface area contributed by atoms with Crippen LogP contribution in [0.4, 0.5) is 5.69 Å². The number of hydrogen-bond donors (Lipinski definition) is 1. The zero-order valence-electron chi connectivity index (χ0n) is 14.8. The standard InChI is InChI=1S/C18H21N3O5S/c22-16-5-2-12-10-13(3-4-14(12)19-16)27(24,25)21-8-6-18-15(21)11-17(23)20(18)7-1-9-26-18/h3-4,10,15H,1-2,5-9,11H2,(H,19,22)/t15-,18+/m1/s1. The van der Waals surface area contributed by atoms with Gasteiger partial charge in [0.15, 0.2) is 5.72 Å². The largest absolute Gasteiger partial charge is 0.354 e. The molecule has 0 aromatic heterocycles. The summed E-state index contributed by atoms with van der Waals surface area (Å²) in [5.41, 5.74) is 0.688. The zero-order chi connectivity index (χ0) is 18.8. The Kier molecular flexibility index (Phi) is 3.66. The van der Waals surface area contributed by atoms with Crippen molar-refractivity contribution < 1.29 is 22.7 Å². The molecule has 0 radical (unpaired) electrons. The first kappa shape index (κ1) is 17.2. The second-order valence-corrected chi connectivity index (χ2v) is 9.44. The molecule has 0 aliphatic carbocycles. The van der Waals surface area contributed by atoms with Crippen molar-refractivity contribution in [1.29, 1.82) is 0 Å². The number of amides is 2. The number of hydrogen-bond acceptors (Lipinski definition) is 5. The number of carbonyl (C=O) groups excluding carboxylic acids is 2. The fraction of sp³-hybridized carbons (Fsp3) is 0.556. The van der Waals surface area contributed by atoms with Gasteiger partial charge in [0, 0.05) is 38.0 Å². The Bertz CT molecular complexity index is 946. The molecular formula is C18H21N3O5S. The zero-order valence-corrected chi connectivity index (χ0v) is 15.6. The number of sulfonamides is 1. The van der Waals surface area contributed by atoms with E-state index in [4.69, 9.17) is 4.74 Å². The van der Waals surface area contributed by atoms with E-state index >= 15 is 0 Å². The van der Waals surface area contributed by atoms with Gasteiger partial charge in [-0.1, -0.05) is 0 Å². The van der Waals surface area contributed by atoms with Crippen molar-refractivity contribution in [2.75, 3.05) is 25.0 Å². The first-order valence-electron chi connectivity index (χ1n) is 9.31. The molecule has 0 bridgehead atoms. The normalized spacial score (nSPS) is 30.7. The van der Waals surface area contributed by atoms with Gasteiger partial charge in [-0.3, -0.25) is 9.59 Å². The molecule has 1 spiro atoms. The molecule has 2 atom stereocenters. The molecule has 144 valence electrons. The van der Waals surface area contributed by atoms with Gasteiger partial charge in [0.05, 0.1) is 17.5 Å². The molecule has 2 amide bonds. The van der Waals surface area contributed by atoms with Crippen LogP contribution in [0.2, 0.25) is 0 Å². The molecule has 0 saturated carbocycles. The third-order valence-corrected chi connectivity index (χ3v) is 8.05. The SMILES string of the molecule is O=C1CCc2cc(S(=O)(=O)N3CC[C@@]45OCCCN4C(=O)C[C@@H]35)ccc2N1. The molecule has 1 N–H and O–H groups in total. The first-order chi connectivity index (χ1) is 12.9. The van der Waals surface area contributed by atoms with Crippen molar-refractivity contribution >= 4 is 27.5 Å². The highest BCUT2D eigenvalue weighted by Gasteiger charge is 2.63. The second kappa shape index (κ2) is 5.76. The smallest absolute Gasteiger partial charge is 0.243 e. The second-order valence-electron chi connectivity index (χ2n) is 7.55. The van der Waals surface area contributed by atoms with Gasteiger partial charge in [-0.2, -0.15) is 4.31 Å². The van der Waals surface area contributed by atoms with Crippen LogP contribution in [0.25, 0.3) is 0 Å². The van der Waals surface area contributed by atoms with Gasteiger partial charge in [0.1, 0.15) is 0 Å². The van der Waals surface area contributed by atoms with E-state index in [9.17, 15) is 18.0 Å². The van der Waals surface area contributed by atoms with Gasteiger partial charge in [-0.05, 0) is 36.6 Å². The molecule has 1 aromatic carbocycles. The van der Waals surface area contributed by atoms with Crippen LogP contribution >= 0.6 is 0 Å². The molecule has 9 heteroatoms. The van der Waals surface area contributed by atoms with Crippen molar-refractivity contribution in [3.05, 3.63) is 23.8 Å². The molecule has 1 aromatic rings. The Balaban J connectivity index is 1.50. The summed E-state index contributed by atoms with van der Waals surface area (Å²) in [6.07, 6.45) is 2.32. The van der Waals surface area contributed by atoms with Gasteiger partial charge in [0.25, 0.3) is 0 Å². The fourth-order valence-corrected chi connectivity index (χ4v) is 6.56. The van der Waals surface area contributed by atoms with Crippen molar-refractivity contribution in [2.24, 2.45) is 0 Å². The minimum Gasteiger partial charge on any atom is -0.354 e. The monoisotopic (exact) mass is 391 g/mol. The Labute approximate surface area is 157 Å². The van der Waals surface area contributed by atoms with Crippen molar-refractivity contribution in [3.8, 4) is 0 Å². The van der Waals surface area contributed by atoms with E-state index in [1.165, 1.54) is 10.4 Å². The topological polar surface area (TPSA) is 96.0 Å². The summed E-state index contributed by atoms with van der Waals surface area (Å²) in [6, 6.07) is 4.34. The summed E-state index contributed by atoms with van der Waals surface area (Å²) < 4.78 is 34.2. The van der Waals surface area contributed by atoms with E-state index in [-0.39, 0.29) is 23.1 Å². The number of nitrogens with zero attached hydrogens (tertiary/aromatic N) is 2. The van der Waals surface area contributed by atoms with Crippen LogP contribution in [-0.4, -0.2) is 60.9 Å². The lowest BCUT2D eigenvalue weighted by Crippen LogP contribution is -2.56. The fourth-order valence-electron chi connectivity index (χ4n) is 4.86. The number of benzene rings is 1. The third kappa shape index (κ3) is 2.38. The molecule has 0 unspecified atom stereocenters. The molecule has 4 aliphatic heterocycles. The number of aryl methyl sites for hydroxylation is 1. The summed E-state index contributed by atoms with van der Waals surface area (Å²) in [4.78, 5) is 25.9. The maximum Gasteiger partial charge on any atom is 0.243 e. The minimum absolute atomic E-state index is 0.0345. The Hall–Kier alpha value is -1.97. The highest BCUT2D eigenvalue weighted by Crippen LogP contribution is 2.46. The Morgan fingerprint density at radius 3 is 2.89 bits per heavy atom. The molecular weight excluding hydrogens is 370 g/mol. The van der Waals surface area contributed by atoms with E-state index in [0.717, 1.165) is 12.0 Å². The maximum absolute atomic E-state index is 13.4. The summed E-state index contributed by atoms with van der Waals surface area (Å²) in [5.74, 6) is -0.0913. The number of fused-ring (bicyclic) bond motifs is 1. The molecule has 4 heterocycles. The van der Waals surface area contributed by atoms with Crippen molar-refractivity contribution in [1.82, 2.24) is 9.21 Å². The average molecular weight is 391 g/mol. The van der Waals surface area contributed by atoms with Crippen LogP contribution < -0.4 is 5.32 Å². The molecule has 27 heavy (non-hydrogen) atoms. The van der Waals surface area contributed by atoms with Crippen LogP contribution in [-0.2, 0) is 30.8 Å². The van der Waals surface area contributed by atoms with Gasteiger partial charge >= 0.3 is 0 Å². The summed E-state index contributed by atoms with van der Waals surface area (Å²) in [5, 5.41) is 2.77. The summed E-state index contributed by atoms with van der Waals surface area (Å²) >= 11 is 0. The third-order valence-electron chi connectivity index (χ3n) is 6.14. The van der Waals surface area contributed by atoms with Crippen LogP contribution in [0.1, 0.15) is 31.2 Å². The maximum atomic E-state index is 13.4. The predicted octanol–water partition coefficient (Wildman–Crippen LogP) is 0.683. The van der Waals surface area contributed by atoms with Crippen LogP contribution in [0.5, 0.6) is 0 Å². The quantitative estimate of drug-likeness (QED) is 0.800. The van der Waals surface area contributed by atoms with Crippen molar-refractivity contribution in [2.45, 2.75) is 48.8 Å². The van der Waals surface area contributed by atoms with E-state index < -0.39 is 21.8 Å². The van der Waals surface area contributed by atoms with E-state index in [2.05, 4.69) is 5.32 Å². The molecule has 3 saturated heterocycles. The van der Waals surface area contributed by atoms with Gasteiger partial charge in [-0.15, -0.1) is 0 Å². The predicted molar refractivity (Wildman–Crippen MR) is 95.3 cm³/mol. The summed E-state index contributed by atoms with van der Waals surface area (Å²) in [7, 11) is -3.76. The highest BCUT2D eigenvalue weighted by molar-refractivity contribution is 7.89. The lowest BCUT2D eigenvalue weighted by molar-refractivity contribution is -0.178. The molecule has 8 nitrogen and oxygen atoms in total. The van der Waals surface area contributed by atoms with Crippen LogP contribution in [0, 0.1) is 0 Å². The minimum atomic E-state index is -3.76. The lowest BCUT2D eigenvalue weighted by atomic mass is 10.0. The van der Waals surface area contributed by atoms with Gasteiger partial charge in [-0.25, -0.2) is 8.42 Å². The Morgan fingerprint density at radius 2 is 2.04 bits per heavy atom. The molecule has 4 aliphatic rings.